The fourth-order valence-electron chi connectivity index (χ4n) is 3.69. The molecule has 0 spiro atoms. The first kappa shape index (κ1) is 20.2. The first-order chi connectivity index (χ1) is 14.9. The summed E-state index contributed by atoms with van der Waals surface area (Å²) in [6, 6.07) is 13.8. The van der Waals surface area contributed by atoms with Gasteiger partial charge in [-0.05, 0) is 54.4 Å². The van der Waals surface area contributed by atoms with E-state index in [9.17, 15) is 19.8 Å². The summed E-state index contributed by atoms with van der Waals surface area (Å²) in [7, 11) is 1.50. The van der Waals surface area contributed by atoms with E-state index in [0.717, 1.165) is 5.56 Å². The molecular weight excluding hydrogens is 396 g/mol. The van der Waals surface area contributed by atoms with E-state index in [0.29, 0.717) is 16.9 Å². The number of amides is 1. The Morgan fingerprint density at radius 3 is 2.52 bits per heavy atom. The van der Waals surface area contributed by atoms with Crippen molar-refractivity contribution in [3.05, 3.63) is 89.3 Å². The first-order valence-corrected chi connectivity index (χ1v) is 9.57. The maximum absolute atomic E-state index is 13.1. The number of Topliss-reactive ketones (excluding diaryl/α,β-unsaturated/α-hetero) is 1. The summed E-state index contributed by atoms with van der Waals surface area (Å²) in [5.74, 6) is -1.66. The molecule has 1 atom stereocenters. The van der Waals surface area contributed by atoms with Gasteiger partial charge in [0.2, 0.25) is 0 Å². The van der Waals surface area contributed by atoms with E-state index in [4.69, 9.17) is 4.74 Å². The summed E-state index contributed by atoms with van der Waals surface area (Å²) in [5.41, 5.74) is 1.82. The van der Waals surface area contributed by atoms with E-state index in [1.807, 2.05) is 6.92 Å². The number of rotatable bonds is 4. The Balaban J connectivity index is 1.97. The second kappa shape index (κ2) is 7.95. The van der Waals surface area contributed by atoms with Crippen LogP contribution in [0, 0.1) is 6.92 Å². The molecule has 2 N–H and O–H groups in total. The zero-order chi connectivity index (χ0) is 22.1. The Labute approximate surface area is 178 Å². The van der Waals surface area contributed by atoms with Gasteiger partial charge in [0.25, 0.3) is 11.7 Å². The van der Waals surface area contributed by atoms with Crippen LogP contribution in [0.15, 0.2) is 72.6 Å². The van der Waals surface area contributed by atoms with Gasteiger partial charge in [0.15, 0.2) is 0 Å². The number of benzene rings is 2. The minimum absolute atomic E-state index is 0.0784. The van der Waals surface area contributed by atoms with Crippen molar-refractivity contribution >= 4 is 23.1 Å². The molecule has 0 radical (unpaired) electrons. The maximum Gasteiger partial charge on any atom is 0.300 e. The SMILES string of the molecule is COc1cccc(/C(O)=C2\C(=O)C(=O)N(c3cc(C)ccc3O)C2c2ccncc2)c1. The van der Waals surface area contributed by atoms with Gasteiger partial charge in [0, 0.05) is 18.0 Å². The molecule has 1 saturated heterocycles. The molecule has 7 nitrogen and oxygen atoms in total. The number of aryl methyl sites for hydroxylation is 1. The van der Waals surface area contributed by atoms with Crippen molar-refractivity contribution in [1.29, 1.82) is 0 Å². The van der Waals surface area contributed by atoms with E-state index < -0.39 is 17.7 Å². The van der Waals surface area contributed by atoms with Gasteiger partial charge in [-0.2, -0.15) is 0 Å². The van der Waals surface area contributed by atoms with Crippen molar-refractivity contribution in [2.24, 2.45) is 0 Å². The third kappa shape index (κ3) is 3.50. The lowest BCUT2D eigenvalue weighted by Crippen LogP contribution is -2.29. The van der Waals surface area contributed by atoms with Crippen LogP contribution in [0.5, 0.6) is 11.5 Å². The molecule has 7 heteroatoms. The van der Waals surface area contributed by atoms with Crippen LogP contribution in [0.4, 0.5) is 5.69 Å². The molecule has 3 aromatic rings. The number of aliphatic hydroxyl groups is 1. The molecule has 31 heavy (non-hydrogen) atoms. The van der Waals surface area contributed by atoms with Crippen molar-refractivity contribution in [3.63, 3.8) is 0 Å². The van der Waals surface area contributed by atoms with Gasteiger partial charge in [0.05, 0.1) is 24.4 Å². The average Bonchev–Trinajstić information content (AvgIpc) is 3.06. The Morgan fingerprint density at radius 2 is 1.81 bits per heavy atom. The molecule has 1 amide bonds. The highest BCUT2D eigenvalue weighted by atomic mass is 16.5. The van der Waals surface area contributed by atoms with Crippen molar-refractivity contribution in [2.75, 3.05) is 12.0 Å². The lowest BCUT2D eigenvalue weighted by molar-refractivity contribution is -0.132. The quantitative estimate of drug-likeness (QED) is 0.382. The Kier molecular flexibility index (Phi) is 5.17. The number of methoxy groups -OCH3 is 1. The van der Waals surface area contributed by atoms with Crippen LogP contribution in [0.3, 0.4) is 0 Å². The summed E-state index contributed by atoms with van der Waals surface area (Å²) < 4.78 is 5.21. The lowest BCUT2D eigenvalue weighted by Gasteiger charge is -2.26. The summed E-state index contributed by atoms with van der Waals surface area (Å²) in [5, 5.41) is 21.6. The van der Waals surface area contributed by atoms with E-state index in [1.54, 1.807) is 48.5 Å². The van der Waals surface area contributed by atoms with Gasteiger partial charge in [-0.25, -0.2) is 0 Å². The number of hydrogen-bond donors (Lipinski definition) is 2. The van der Waals surface area contributed by atoms with Crippen molar-refractivity contribution in [2.45, 2.75) is 13.0 Å². The van der Waals surface area contributed by atoms with Gasteiger partial charge in [-0.1, -0.05) is 18.2 Å². The number of anilines is 1. The number of phenols is 1. The molecule has 2 heterocycles. The van der Waals surface area contributed by atoms with Gasteiger partial charge in [-0.15, -0.1) is 0 Å². The van der Waals surface area contributed by atoms with Crippen LogP contribution in [-0.4, -0.2) is 34.0 Å². The predicted molar refractivity (Wildman–Crippen MR) is 115 cm³/mol. The predicted octanol–water partition coefficient (Wildman–Crippen LogP) is 3.73. The lowest BCUT2D eigenvalue weighted by atomic mass is 9.95. The number of nitrogens with zero attached hydrogens (tertiary/aromatic N) is 2. The molecule has 1 aliphatic heterocycles. The molecule has 1 fully saturated rings. The van der Waals surface area contributed by atoms with Crippen LogP contribution in [0.2, 0.25) is 0 Å². The number of hydrogen-bond acceptors (Lipinski definition) is 6. The van der Waals surface area contributed by atoms with E-state index >= 15 is 0 Å². The molecule has 1 unspecified atom stereocenters. The number of aliphatic hydroxyl groups excluding tert-OH is 1. The minimum Gasteiger partial charge on any atom is -0.507 e. The van der Waals surface area contributed by atoms with Crippen LogP contribution < -0.4 is 9.64 Å². The fraction of sp³-hybridized carbons (Fsp3) is 0.125. The highest BCUT2D eigenvalue weighted by molar-refractivity contribution is 6.51. The highest BCUT2D eigenvalue weighted by Crippen LogP contribution is 2.44. The number of carbonyl (C=O) groups excluding carboxylic acids is 2. The monoisotopic (exact) mass is 416 g/mol. The number of aromatic nitrogens is 1. The smallest absolute Gasteiger partial charge is 0.300 e. The molecule has 1 aliphatic rings. The molecule has 156 valence electrons. The average molecular weight is 416 g/mol. The van der Waals surface area contributed by atoms with Crippen LogP contribution in [-0.2, 0) is 9.59 Å². The maximum atomic E-state index is 13.1. The van der Waals surface area contributed by atoms with Crippen LogP contribution in [0.1, 0.15) is 22.7 Å². The summed E-state index contributed by atoms with van der Waals surface area (Å²) >= 11 is 0. The van der Waals surface area contributed by atoms with Crippen LogP contribution in [0.25, 0.3) is 5.76 Å². The zero-order valence-electron chi connectivity index (χ0n) is 16.9. The molecule has 0 bridgehead atoms. The van der Waals surface area contributed by atoms with Crippen molar-refractivity contribution < 1.29 is 24.5 Å². The topological polar surface area (TPSA) is 100.0 Å². The number of phenolic OH excluding ortho intramolecular Hbond substituents is 1. The number of ether oxygens (including phenoxy) is 1. The normalized spacial score (nSPS) is 17.7. The number of ketones is 1. The van der Waals surface area contributed by atoms with Crippen molar-refractivity contribution in [1.82, 2.24) is 4.98 Å². The first-order valence-electron chi connectivity index (χ1n) is 9.57. The van der Waals surface area contributed by atoms with Crippen LogP contribution >= 0.6 is 0 Å². The second-order valence-electron chi connectivity index (χ2n) is 7.17. The zero-order valence-corrected chi connectivity index (χ0v) is 16.9. The fourth-order valence-corrected chi connectivity index (χ4v) is 3.69. The van der Waals surface area contributed by atoms with E-state index in [2.05, 4.69) is 4.98 Å². The minimum atomic E-state index is -0.943. The van der Waals surface area contributed by atoms with E-state index in [1.165, 1.54) is 30.5 Å². The molecule has 4 rings (SSSR count). The molecule has 1 aromatic heterocycles. The number of carbonyl (C=O) groups is 2. The Morgan fingerprint density at radius 1 is 1.06 bits per heavy atom. The highest BCUT2D eigenvalue weighted by Gasteiger charge is 2.47. The summed E-state index contributed by atoms with van der Waals surface area (Å²) in [4.78, 5) is 31.4. The second-order valence-corrected chi connectivity index (χ2v) is 7.17. The third-order valence-electron chi connectivity index (χ3n) is 5.20. The molecule has 2 aromatic carbocycles. The van der Waals surface area contributed by atoms with Gasteiger partial charge in [-0.3, -0.25) is 19.5 Å². The Hall–Kier alpha value is -4.13. The Bertz CT molecular complexity index is 1200. The van der Waals surface area contributed by atoms with Gasteiger partial charge < -0.3 is 14.9 Å². The molecular formula is C24H20N2O5. The molecule has 0 saturated carbocycles. The van der Waals surface area contributed by atoms with E-state index in [-0.39, 0.29) is 22.8 Å². The van der Waals surface area contributed by atoms with Gasteiger partial charge in [0.1, 0.15) is 17.3 Å². The molecule has 0 aliphatic carbocycles. The summed E-state index contributed by atoms with van der Waals surface area (Å²) in [6.07, 6.45) is 3.08. The largest absolute Gasteiger partial charge is 0.507 e. The third-order valence-corrected chi connectivity index (χ3v) is 5.20. The standard InChI is InChI=1S/C24H20N2O5/c1-14-6-7-19(27)18(12-14)26-21(15-8-10-25-11-9-15)20(23(29)24(26)30)22(28)16-4-3-5-17(13-16)31-2/h3-13,21,27-28H,1-2H3/b22-20+. The van der Waals surface area contributed by atoms with Crippen molar-refractivity contribution in [3.8, 4) is 11.5 Å². The van der Waals surface area contributed by atoms with Gasteiger partial charge >= 0.3 is 0 Å². The number of pyridine rings is 1. The summed E-state index contributed by atoms with van der Waals surface area (Å²) in [6.45, 7) is 1.82. The number of aromatic hydroxyl groups is 1.